The minimum absolute atomic E-state index is 0. The molecular weight excluding hydrogens is 282 g/mol. The smallest absolute Gasteiger partial charge is 0.251 e. The minimum atomic E-state index is -0.439. The van der Waals surface area contributed by atoms with Gasteiger partial charge in [0, 0.05) is 17.6 Å². The van der Waals surface area contributed by atoms with Crippen LogP contribution in [-0.4, -0.2) is 18.0 Å². The molecule has 3 N–H and O–H groups in total. The number of carbonyl (C=O) groups is 1. The van der Waals surface area contributed by atoms with Gasteiger partial charge in [-0.15, -0.1) is 12.4 Å². The number of nitrogens with two attached hydrogens (primary N) is 1. The molecule has 3 nitrogen and oxygen atoms in total. The summed E-state index contributed by atoms with van der Waals surface area (Å²) in [7, 11) is 0. The normalized spacial score (nSPS) is 10.6. The van der Waals surface area contributed by atoms with Crippen molar-refractivity contribution in [2.24, 2.45) is 5.73 Å². The SMILES string of the molecule is CC(C)(N)CNC(=O)c1ccc(Cl)c(Cl)c1.Cl. The largest absolute Gasteiger partial charge is 0.350 e. The lowest BCUT2D eigenvalue weighted by Crippen LogP contribution is -2.45. The van der Waals surface area contributed by atoms with Crippen molar-refractivity contribution >= 4 is 41.5 Å². The quantitative estimate of drug-likeness (QED) is 0.901. The Morgan fingerprint density at radius 3 is 2.41 bits per heavy atom. The Morgan fingerprint density at radius 1 is 1.35 bits per heavy atom. The molecule has 0 radical (unpaired) electrons. The van der Waals surface area contributed by atoms with Crippen LogP contribution < -0.4 is 11.1 Å². The third kappa shape index (κ3) is 5.59. The van der Waals surface area contributed by atoms with Gasteiger partial charge >= 0.3 is 0 Å². The summed E-state index contributed by atoms with van der Waals surface area (Å²) in [6.07, 6.45) is 0. The Balaban J connectivity index is 0.00000256. The monoisotopic (exact) mass is 296 g/mol. The number of halogens is 3. The molecule has 0 unspecified atom stereocenters. The fraction of sp³-hybridized carbons (Fsp3) is 0.364. The van der Waals surface area contributed by atoms with Crippen LogP contribution in [0.5, 0.6) is 0 Å². The van der Waals surface area contributed by atoms with Crippen LogP contribution in [0.1, 0.15) is 24.2 Å². The fourth-order valence-electron chi connectivity index (χ4n) is 1.05. The number of amides is 1. The van der Waals surface area contributed by atoms with E-state index >= 15 is 0 Å². The summed E-state index contributed by atoms with van der Waals surface area (Å²) >= 11 is 11.6. The molecule has 0 aliphatic heterocycles. The van der Waals surface area contributed by atoms with Gasteiger partial charge in [-0.3, -0.25) is 4.79 Å². The maximum atomic E-state index is 11.7. The first kappa shape index (κ1) is 16.5. The molecule has 1 aromatic carbocycles. The molecule has 17 heavy (non-hydrogen) atoms. The Labute approximate surface area is 117 Å². The highest BCUT2D eigenvalue weighted by molar-refractivity contribution is 6.42. The first-order valence-corrected chi connectivity index (χ1v) is 5.57. The van der Waals surface area contributed by atoms with Gasteiger partial charge in [-0.2, -0.15) is 0 Å². The van der Waals surface area contributed by atoms with Gasteiger partial charge in [-0.05, 0) is 32.0 Å². The van der Waals surface area contributed by atoms with Gasteiger partial charge in [0.05, 0.1) is 10.0 Å². The predicted octanol–water partition coefficient (Wildman–Crippen LogP) is 2.88. The summed E-state index contributed by atoms with van der Waals surface area (Å²) in [6, 6.07) is 4.74. The molecule has 96 valence electrons. The van der Waals surface area contributed by atoms with Gasteiger partial charge < -0.3 is 11.1 Å². The van der Waals surface area contributed by atoms with E-state index < -0.39 is 5.54 Å². The van der Waals surface area contributed by atoms with Crippen molar-refractivity contribution in [1.29, 1.82) is 0 Å². The topological polar surface area (TPSA) is 55.1 Å². The summed E-state index contributed by atoms with van der Waals surface area (Å²) in [5.74, 6) is -0.211. The standard InChI is InChI=1S/C11H14Cl2N2O.ClH/c1-11(2,14)6-15-10(16)7-3-4-8(12)9(13)5-7;/h3-5H,6,14H2,1-2H3,(H,15,16);1H. The molecule has 1 rings (SSSR count). The summed E-state index contributed by atoms with van der Waals surface area (Å²) < 4.78 is 0. The first-order chi connectivity index (χ1) is 7.29. The van der Waals surface area contributed by atoms with Crippen LogP contribution in [0.3, 0.4) is 0 Å². The zero-order chi connectivity index (χ0) is 12.3. The zero-order valence-electron chi connectivity index (χ0n) is 9.59. The highest BCUT2D eigenvalue weighted by Crippen LogP contribution is 2.22. The van der Waals surface area contributed by atoms with E-state index in [0.29, 0.717) is 22.2 Å². The van der Waals surface area contributed by atoms with Crippen LogP contribution in [0.25, 0.3) is 0 Å². The molecule has 0 fully saturated rings. The maximum Gasteiger partial charge on any atom is 0.251 e. The van der Waals surface area contributed by atoms with Crippen LogP contribution in [-0.2, 0) is 0 Å². The summed E-state index contributed by atoms with van der Waals surface area (Å²) in [6.45, 7) is 4.07. The van der Waals surface area contributed by atoms with Crippen molar-refractivity contribution in [1.82, 2.24) is 5.32 Å². The van der Waals surface area contributed by atoms with Crippen molar-refractivity contribution in [3.8, 4) is 0 Å². The van der Waals surface area contributed by atoms with Crippen LogP contribution >= 0.6 is 35.6 Å². The number of hydrogen-bond donors (Lipinski definition) is 2. The van der Waals surface area contributed by atoms with Crippen LogP contribution in [0, 0.1) is 0 Å². The molecule has 0 aliphatic rings. The van der Waals surface area contributed by atoms with Gasteiger partial charge in [0.15, 0.2) is 0 Å². The lowest BCUT2D eigenvalue weighted by Gasteiger charge is -2.18. The number of nitrogens with one attached hydrogen (secondary N) is 1. The maximum absolute atomic E-state index is 11.7. The fourth-order valence-corrected chi connectivity index (χ4v) is 1.35. The van der Waals surface area contributed by atoms with E-state index in [-0.39, 0.29) is 18.3 Å². The van der Waals surface area contributed by atoms with E-state index in [9.17, 15) is 4.79 Å². The number of benzene rings is 1. The van der Waals surface area contributed by atoms with Crippen molar-refractivity contribution in [2.45, 2.75) is 19.4 Å². The van der Waals surface area contributed by atoms with E-state index in [2.05, 4.69) is 5.32 Å². The van der Waals surface area contributed by atoms with Gasteiger partial charge in [0.25, 0.3) is 5.91 Å². The first-order valence-electron chi connectivity index (χ1n) is 4.82. The van der Waals surface area contributed by atoms with Crippen LogP contribution in [0.15, 0.2) is 18.2 Å². The Morgan fingerprint density at radius 2 is 1.94 bits per heavy atom. The molecule has 6 heteroatoms. The van der Waals surface area contributed by atoms with E-state index in [1.54, 1.807) is 12.1 Å². The average molecular weight is 298 g/mol. The van der Waals surface area contributed by atoms with Gasteiger partial charge in [-0.25, -0.2) is 0 Å². The minimum Gasteiger partial charge on any atom is -0.350 e. The van der Waals surface area contributed by atoms with Crippen LogP contribution in [0.4, 0.5) is 0 Å². The molecule has 0 saturated carbocycles. The van der Waals surface area contributed by atoms with Gasteiger partial charge in [-0.1, -0.05) is 23.2 Å². The third-order valence-corrected chi connectivity index (χ3v) is 2.63. The summed E-state index contributed by atoms with van der Waals surface area (Å²) in [5, 5.41) is 3.51. The molecule has 0 atom stereocenters. The second-order valence-electron chi connectivity index (χ2n) is 4.30. The van der Waals surface area contributed by atoms with Crippen molar-refractivity contribution in [3.05, 3.63) is 33.8 Å². The lowest BCUT2D eigenvalue weighted by atomic mass is 10.1. The van der Waals surface area contributed by atoms with E-state index in [1.807, 2.05) is 13.8 Å². The third-order valence-electron chi connectivity index (χ3n) is 1.89. The van der Waals surface area contributed by atoms with E-state index in [4.69, 9.17) is 28.9 Å². The highest BCUT2D eigenvalue weighted by Gasteiger charge is 2.13. The van der Waals surface area contributed by atoms with Crippen LogP contribution in [0.2, 0.25) is 10.0 Å². The molecule has 0 spiro atoms. The second kappa shape index (κ2) is 6.45. The van der Waals surface area contributed by atoms with E-state index in [0.717, 1.165) is 0 Å². The summed E-state index contributed by atoms with van der Waals surface area (Å²) in [4.78, 5) is 11.7. The average Bonchev–Trinajstić information content (AvgIpc) is 2.17. The number of carbonyl (C=O) groups excluding carboxylic acids is 1. The highest BCUT2D eigenvalue weighted by atomic mass is 35.5. The van der Waals surface area contributed by atoms with Crippen molar-refractivity contribution in [3.63, 3.8) is 0 Å². The summed E-state index contributed by atoms with van der Waals surface area (Å²) in [5.41, 5.74) is 5.79. The molecule has 0 heterocycles. The Hall–Kier alpha value is -0.480. The molecule has 0 aliphatic carbocycles. The van der Waals surface area contributed by atoms with E-state index in [1.165, 1.54) is 6.07 Å². The van der Waals surface area contributed by atoms with Gasteiger partial charge in [0.1, 0.15) is 0 Å². The number of hydrogen-bond acceptors (Lipinski definition) is 2. The van der Waals surface area contributed by atoms with Crippen molar-refractivity contribution in [2.75, 3.05) is 6.54 Å². The Bertz CT molecular complexity index is 402. The number of rotatable bonds is 3. The molecule has 0 saturated heterocycles. The zero-order valence-corrected chi connectivity index (χ0v) is 11.9. The second-order valence-corrected chi connectivity index (χ2v) is 5.11. The predicted molar refractivity (Wildman–Crippen MR) is 74.3 cm³/mol. The lowest BCUT2D eigenvalue weighted by molar-refractivity contribution is 0.0946. The molecule has 0 bridgehead atoms. The van der Waals surface area contributed by atoms with Crippen molar-refractivity contribution < 1.29 is 4.79 Å². The Kier molecular flexibility index (Phi) is 6.27. The molecular formula is C11H15Cl3N2O. The molecule has 1 aromatic rings. The van der Waals surface area contributed by atoms with Gasteiger partial charge in [0.2, 0.25) is 0 Å². The molecule has 0 aromatic heterocycles. The molecule has 1 amide bonds.